The van der Waals surface area contributed by atoms with Gasteiger partial charge in [-0.05, 0) is 46.5 Å². The molecule has 2 aliphatic heterocycles. The van der Waals surface area contributed by atoms with Crippen LogP contribution in [0.5, 0.6) is 0 Å². The van der Waals surface area contributed by atoms with E-state index in [2.05, 4.69) is 10.7 Å². The smallest absolute Gasteiger partial charge is 0.320 e. The molecular formula is C17H38ClN3O5. The molecule has 8 nitrogen and oxygen atoms in total. The monoisotopic (exact) mass is 399 g/mol. The number of carbonyl (C=O) groups excluding carboxylic acids is 1. The average Bonchev–Trinajstić information content (AvgIpc) is 2.62. The lowest BCUT2D eigenvalue weighted by atomic mass is 10.1. The maximum absolute atomic E-state index is 11.4. The zero-order valence-electron chi connectivity index (χ0n) is 16.6. The third kappa shape index (κ3) is 15.7. The number of esters is 1. The molecule has 0 amide bonds. The number of rotatable bonds is 4. The van der Waals surface area contributed by atoms with Crippen molar-refractivity contribution in [1.82, 2.24) is 10.7 Å². The van der Waals surface area contributed by atoms with Gasteiger partial charge in [-0.2, -0.15) is 0 Å². The molecule has 9 heteroatoms. The van der Waals surface area contributed by atoms with E-state index in [9.17, 15) is 4.79 Å². The molecular weight excluding hydrogens is 362 g/mol. The quantitative estimate of drug-likeness (QED) is 0.311. The molecule has 0 aromatic carbocycles. The normalized spacial score (nSPS) is 22.5. The van der Waals surface area contributed by atoms with Gasteiger partial charge in [0.25, 0.3) is 0 Å². The van der Waals surface area contributed by atoms with Gasteiger partial charge in [-0.3, -0.25) is 16.1 Å². The SMILES string of the molecule is CC(C)(C)OC(=O)CNC1CCCOC1.CO.Cl.NNC1CCCOC1. The Morgan fingerprint density at radius 2 is 1.62 bits per heavy atom. The van der Waals surface area contributed by atoms with E-state index < -0.39 is 5.60 Å². The first kappa shape index (κ1) is 27.7. The first-order chi connectivity index (χ1) is 11.9. The van der Waals surface area contributed by atoms with Crippen LogP contribution in [0, 0.1) is 0 Å². The van der Waals surface area contributed by atoms with Crippen LogP contribution in [-0.2, 0) is 19.0 Å². The fraction of sp³-hybridized carbons (Fsp3) is 0.941. The number of carbonyl (C=O) groups is 1. The zero-order valence-corrected chi connectivity index (χ0v) is 17.4. The van der Waals surface area contributed by atoms with Gasteiger partial charge in [0.15, 0.2) is 0 Å². The van der Waals surface area contributed by atoms with Crippen molar-refractivity contribution in [2.45, 2.75) is 64.1 Å². The predicted octanol–water partition coefficient (Wildman–Crippen LogP) is 0.756. The lowest BCUT2D eigenvalue weighted by molar-refractivity contribution is -0.153. The van der Waals surface area contributed by atoms with E-state index in [-0.39, 0.29) is 24.9 Å². The minimum atomic E-state index is -0.401. The van der Waals surface area contributed by atoms with Crippen LogP contribution < -0.4 is 16.6 Å². The number of aliphatic hydroxyl groups is 1. The molecule has 5 N–H and O–H groups in total. The molecule has 0 aromatic rings. The van der Waals surface area contributed by atoms with E-state index in [4.69, 9.17) is 25.2 Å². The molecule has 2 aliphatic rings. The molecule has 2 unspecified atom stereocenters. The number of aliphatic hydroxyl groups excluding tert-OH is 1. The molecule has 0 bridgehead atoms. The molecule has 158 valence electrons. The topological polar surface area (TPSA) is 115 Å². The Hall–Kier alpha value is -0.480. The Morgan fingerprint density at radius 1 is 1.12 bits per heavy atom. The minimum Gasteiger partial charge on any atom is -0.459 e. The molecule has 2 atom stereocenters. The first-order valence-corrected chi connectivity index (χ1v) is 8.92. The summed E-state index contributed by atoms with van der Waals surface area (Å²) in [6, 6.07) is 0.690. The molecule has 0 saturated carbocycles. The van der Waals surface area contributed by atoms with E-state index in [0.717, 1.165) is 52.6 Å². The molecule has 0 aromatic heterocycles. The summed E-state index contributed by atoms with van der Waals surface area (Å²) in [5, 5.41) is 10.1. The number of halogens is 1. The summed E-state index contributed by atoms with van der Waals surface area (Å²) < 4.78 is 15.6. The van der Waals surface area contributed by atoms with Gasteiger partial charge in [0, 0.05) is 32.4 Å². The summed E-state index contributed by atoms with van der Waals surface area (Å²) in [6.45, 7) is 9.09. The Morgan fingerprint density at radius 3 is 1.96 bits per heavy atom. The molecule has 2 saturated heterocycles. The van der Waals surface area contributed by atoms with Crippen LogP contribution in [-0.4, -0.2) is 68.8 Å². The number of hydrazine groups is 1. The predicted molar refractivity (Wildman–Crippen MR) is 104 cm³/mol. The second kappa shape index (κ2) is 16.7. The Kier molecular flexibility index (Phi) is 17.8. The van der Waals surface area contributed by atoms with Crippen molar-refractivity contribution < 1.29 is 24.1 Å². The second-order valence-corrected chi connectivity index (χ2v) is 6.96. The molecule has 0 radical (unpaired) electrons. The summed E-state index contributed by atoms with van der Waals surface area (Å²) in [7, 11) is 1.00. The Balaban J connectivity index is 0. The van der Waals surface area contributed by atoms with E-state index in [1.54, 1.807) is 0 Å². The van der Waals surface area contributed by atoms with E-state index in [1.807, 2.05) is 20.8 Å². The summed E-state index contributed by atoms with van der Waals surface area (Å²) in [5.41, 5.74) is 2.28. The van der Waals surface area contributed by atoms with Crippen LogP contribution in [0.1, 0.15) is 46.5 Å². The Labute approximate surface area is 163 Å². The van der Waals surface area contributed by atoms with Gasteiger partial charge in [0.2, 0.25) is 0 Å². The van der Waals surface area contributed by atoms with Crippen molar-refractivity contribution in [3.8, 4) is 0 Å². The second-order valence-electron chi connectivity index (χ2n) is 6.96. The van der Waals surface area contributed by atoms with Crippen molar-refractivity contribution in [3.63, 3.8) is 0 Å². The average molecular weight is 400 g/mol. The molecule has 2 fully saturated rings. The highest BCUT2D eigenvalue weighted by Crippen LogP contribution is 2.08. The van der Waals surface area contributed by atoms with Crippen molar-refractivity contribution in [1.29, 1.82) is 0 Å². The zero-order chi connectivity index (χ0) is 19.1. The summed E-state index contributed by atoms with van der Waals surface area (Å²) in [6.07, 6.45) is 4.42. The van der Waals surface area contributed by atoms with Crippen LogP contribution in [0.25, 0.3) is 0 Å². The van der Waals surface area contributed by atoms with Crippen molar-refractivity contribution in [3.05, 3.63) is 0 Å². The highest BCUT2D eigenvalue weighted by molar-refractivity contribution is 5.85. The molecule has 2 rings (SSSR count). The maximum atomic E-state index is 11.4. The highest BCUT2D eigenvalue weighted by Gasteiger charge is 2.18. The fourth-order valence-corrected chi connectivity index (χ4v) is 2.38. The van der Waals surface area contributed by atoms with Crippen LogP contribution in [0.4, 0.5) is 0 Å². The van der Waals surface area contributed by atoms with Crippen LogP contribution in [0.2, 0.25) is 0 Å². The standard InChI is InChI=1S/C11H21NO3.C5H12N2O.CH4O.ClH/c1-11(2,3)15-10(13)7-12-9-5-4-6-14-8-9;6-7-5-2-1-3-8-4-5;1-2;/h9,12H,4-8H2,1-3H3;5,7H,1-4,6H2;2H,1H3;1H. The van der Waals surface area contributed by atoms with E-state index >= 15 is 0 Å². The minimum absolute atomic E-state index is 0. The third-order valence-corrected chi connectivity index (χ3v) is 3.51. The van der Waals surface area contributed by atoms with Crippen LogP contribution in [0.3, 0.4) is 0 Å². The van der Waals surface area contributed by atoms with E-state index in [1.165, 1.54) is 0 Å². The largest absolute Gasteiger partial charge is 0.459 e. The Bertz CT molecular complexity index is 331. The van der Waals surface area contributed by atoms with Crippen molar-refractivity contribution >= 4 is 18.4 Å². The van der Waals surface area contributed by atoms with Gasteiger partial charge in [-0.25, -0.2) is 0 Å². The van der Waals surface area contributed by atoms with Crippen LogP contribution in [0.15, 0.2) is 0 Å². The lowest BCUT2D eigenvalue weighted by Gasteiger charge is -2.24. The fourth-order valence-electron chi connectivity index (χ4n) is 2.38. The summed E-state index contributed by atoms with van der Waals surface area (Å²) in [4.78, 5) is 11.4. The molecule has 2 heterocycles. The number of hydrogen-bond donors (Lipinski definition) is 4. The number of nitrogens with two attached hydrogens (primary N) is 1. The number of ether oxygens (including phenoxy) is 3. The number of hydrogen-bond acceptors (Lipinski definition) is 8. The maximum Gasteiger partial charge on any atom is 0.320 e. The molecule has 26 heavy (non-hydrogen) atoms. The molecule has 0 aliphatic carbocycles. The number of nitrogens with one attached hydrogen (secondary N) is 2. The van der Waals surface area contributed by atoms with Crippen molar-refractivity contribution in [2.75, 3.05) is 40.1 Å². The van der Waals surface area contributed by atoms with Gasteiger partial charge in [-0.1, -0.05) is 0 Å². The third-order valence-electron chi connectivity index (χ3n) is 3.51. The molecule has 0 spiro atoms. The van der Waals surface area contributed by atoms with Gasteiger partial charge in [0.05, 0.1) is 19.8 Å². The van der Waals surface area contributed by atoms with Gasteiger partial charge in [0.1, 0.15) is 5.60 Å². The van der Waals surface area contributed by atoms with Gasteiger partial charge in [-0.15, -0.1) is 12.4 Å². The van der Waals surface area contributed by atoms with E-state index in [0.29, 0.717) is 18.7 Å². The highest BCUT2D eigenvalue weighted by atomic mass is 35.5. The first-order valence-electron chi connectivity index (χ1n) is 8.92. The van der Waals surface area contributed by atoms with Gasteiger partial charge < -0.3 is 24.6 Å². The summed E-state index contributed by atoms with van der Waals surface area (Å²) in [5.74, 6) is 4.97. The van der Waals surface area contributed by atoms with Gasteiger partial charge >= 0.3 is 5.97 Å². The lowest BCUT2D eigenvalue weighted by Crippen LogP contribution is -2.41. The summed E-state index contributed by atoms with van der Waals surface area (Å²) >= 11 is 0. The van der Waals surface area contributed by atoms with Crippen LogP contribution >= 0.6 is 12.4 Å². The van der Waals surface area contributed by atoms with Crippen molar-refractivity contribution in [2.24, 2.45) is 5.84 Å².